The fourth-order valence-corrected chi connectivity index (χ4v) is 4.88. The van der Waals surface area contributed by atoms with Gasteiger partial charge >= 0.3 is 0 Å². The lowest BCUT2D eigenvalue weighted by Gasteiger charge is -2.12. The van der Waals surface area contributed by atoms with Crippen LogP contribution in [0.2, 0.25) is 0 Å². The van der Waals surface area contributed by atoms with Gasteiger partial charge in [0.1, 0.15) is 6.33 Å². The monoisotopic (exact) mass is 489 g/mol. The number of aromatic nitrogens is 4. The van der Waals surface area contributed by atoms with Crippen molar-refractivity contribution in [1.29, 1.82) is 0 Å². The summed E-state index contributed by atoms with van der Waals surface area (Å²) in [6.07, 6.45) is 1.97. The fourth-order valence-electron chi connectivity index (χ4n) is 3.38. The van der Waals surface area contributed by atoms with Crippen molar-refractivity contribution in [3.8, 4) is 11.5 Å². The van der Waals surface area contributed by atoms with E-state index >= 15 is 0 Å². The normalized spacial score (nSPS) is 17.5. The molecule has 3 aromatic rings. The van der Waals surface area contributed by atoms with Crippen LogP contribution in [0.1, 0.15) is 13.3 Å². The molecule has 0 radical (unpaired) electrons. The summed E-state index contributed by atoms with van der Waals surface area (Å²) in [5, 5.41) is 4.70. The zero-order valence-corrected chi connectivity index (χ0v) is 18.2. The second-order valence-electron chi connectivity index (χ2n) is 6.79. The third-order valence-electron chi connectivity index (χ3n) is 4.96. The number of nitrogens with one attached hydrogen (secondary N) is 1. The predicted octanol–water partition coefficient (Wildman–Crippen LogP) is 2.56. The minimum Gasteiger partial charge on any atom is -0.454 e. The number of aryl methyl sites for hydroxylation is 1. The van der Waals surface area contributed by atoms with Crippen LogP contribution in [0.25, 0.3) is 11.2 Å². The molecule has 1 aromatic carbocycles. The average molecular weight is 490 g/mol. The topological polar surface area (TPSA) is 130 Å². The highest BCUT2D eigenvalue weighted by atomic mass is 79.9. The number of hydrogen-bond donors (Lipinski definition) is 2. The van der Waals surface area contributed by atoms with Crippen LogP contribution < -0.4 is 20.6 Å². The molecular weight excluding hydrogens is 474 g/mol. The van der Waals surface area contributed by atoms with Gasteiger partial charge in [-0.25, -0.2) is 20.4 Å². The average Bonchev–Trinajstić information content (AvgIpc) is 3.40. The molecule has 5 rings (SSSR count). The number of amides is 1. The van der Waals surface area contributed by atoms with E-state index in [0.29, 0.717) is 46.6 Å². The molecule has 1 atom stereocenters. The van der Waals surface area contributed by atoms with Crippen LogP contribution >= 0.6 is 27.7 Å². The molecule has 12 heteroatoms. The molecule has 0 saturated heterocycles. The summed E-state index contributed by atoms with van der Waals surface area (Å²) in [6, 6.07) is 3.77. The van der Waals surface area contributed by atoms with Crippen molar-refractivity contribution >= 4 is 56.3 Å². The number of hydrogen-bond acceptors (Lipinski definition) is 9. The molecule has 0 saturated carbocycles. The number of carbonyl (C=O) groups is 1. The maximum Gasteiger partial charge on any atom is 0.248 e. The molecule has 0 bridgehead atoms. The van der Waals surface area contributed by atoms with Crippen molar-refractivity contribution in [3.05, 3.63) is 22.9 Å². The van der Waals surface area contributed by atoms with E-state index in [0.717, 1.165) is 15.1 Å². The van der Waals surface area contributed by atoms with Gasteiger partial charge in [-0.2, -0.15) is 5.10 Å². The highest BCUT2D eigenvalue weighted by Gasteiger charge is 2.28. The summed E-state index contributed by atoms with van der Waals surface area (Å²) in [5.74, 6) is 1.30. The fraction of sp³-hybridized carbons (Fsp3) is 0.278. The zero-order valence-electron chi connectivity index (χ0n) is 15.8. The van der Waals surface area contributed by atoms with Crippen molar-refractivity contribution in [2.24, 2.45) is 11.0 Å². The summed E-state index contributed by atoms with van der Waals surface area (Å²) >= 11 is 5.02. The number of benzene rings is 1. The maximum atomic E-state index is 12.1. The number of halogens is 1. The molecule has 1 amide bonds. The lowest BCUT2D eigenvalue weighted by molar-refractivity contribution is -0.122. The third kappa shape index (κ3) is 3.25. The van der Waals surface area contributed by atoms with Gasteiger partial charge in [-0.05, 0) is 41.4 Å². The smallest absolute Gasteiger partial charge is 0.248 e. The standard InChI is InChI=1S/C18H16BrN7O3S/c1-8-9(17(27)25-24-8)2-3-26-16-14(15(20)21-6-22-16)23-18(26)30-13-5-12-11(4-10(13)19)28-7-29-12/h4-6,9H,2-3,7H2,1H3,(H,25,27)(H2,20,21,22). The summed E-state index contributed by atoms with van der Waals surface area (Å²) in [5.41, 5.74) is 10.5. The van der Waals surface area contributed by atoms with E-state index in [1.54, 1.807) is 0 Å². The van der Waals surface area contributed by atoms with Crippen LogP contribution in [0.5, 0.6) is 11.5 Å². The van der Waals surface area contributed by atoms with Crippen LogP contribution in [0.15, 0.2) is 38.1 Å². The van der Waals surface area contributed by atoms with E-state index in [-0.39, 0.29) is 18.6 Å². The van der Waals surface area contributed by atoms with Gasteiger partial charge in [0.25, 0.3) is 0 Å². The lowest BCUT2D eigenvalue weighted by atomic mass is 10.0. The molecule has 3 N–H and O–H groups in total. The summed E-state index contributed by atoms with van der Waals surface area (Å²) < 4.78 is 13.7. The van der Waals surface area contributed by atoms with Gasteiger partial charge in [-0.3, -0.25) is 4.79 Å². The molecule has 1 unspecified atom stereocenters. The Morgan fingerprint density at radius 1 is 1.33 bits per heavy atom. The Balaban J connectivity index is 1.51. The van der Waals surface area contributed by atoms with Gasteiger partial charge in [0, 0.05) is 21.6 Å². The van der Waals surface area contributed by atoms with Crippen LogP contribution in [-0.4, -0.2) is 37.9 Å². The van der Waals surface area contributed by atoms with Crippen LogP contribution in [0.3, 0.4) is 0 Å². The lowest BCUT2D eigenvalue weighted by Crippen LogP contribution is -2.23. The molecular formula is C18H16BrN7O3S. The molecule has 0 spiro atoms. The number of nitrogens with two attached hydrogens (primary N) is 1. The Hall–Kier alpha value is -2.86. The van der Waals surface area contributed by atoms with Crippen molar-refractivity contribution in [2.75, 3.05) is 12.5 Å². The highest BCUT2D eigenvalue weighted by Crippen LogP contribution is 2.43. The molecule has 0 aliphatic carbocycles. The maximum absolute atomic E-state index is 12.1. The molecule has 4 heterocycles. The number of nitrogen functional groups attached to an aromatic ring is 1. The van der Waals surface area contributed by atoms with E-state index in [2.05, 4.69) is 41.4 Å². The van der Waals surface area contributed by atoms with E-state index < -0.39 is 0 Å². The molecule has 0 fully saturated rings. The van der Waals surface area contributed by atoms with Gasteiger partial charge in [-0.15, -0.1) is 0 Å². The van der Waals surface area contributed by atoms with Crippen molar-refractivity contribution in [2.45, 2.75) is 29.9 Å². The minimum atomic E-state index is -0.281. The first-order valence-electron chi connectivity index (χ1n) is 9.09. The first-order valence-corrected chi connectivity index (χ1v) is 10.7. The van der Waals surface area contributed by atoms with Crippen molar-refractivity contribution < 1.29 is 14.3 Å². The molecule has 2 aromatic heterocycles. The number of imidazole rings is 1. The number of fused-ring (bicyclic) bond motifs is 2. The first-order chi connectivity index (χ1) is 14.5. The van der Waals surface area contributed by atoms with Gasteiger partial charge in [-0.1, -0.05) is 11.8 Å². The van der Waals surface area contributed by atoms with Crippen molar-refractivity contribution in [1.82, 2.24) is 24.9 Å². The van der Waals surface area contributed by atoms with E-state index in [1.165, 1.54) is 18.1 Å². The number of hydrazone groups is 1. The Labute approximate surface area is 183 Å². The summed E-state index contributed by atoms with van der Waals surface area (Å²) in [4.78, 5) is 26.1. The van der Waals surface area contributed by atoms with Gasteiger partial charge in [0.2, 0.25) is 12.7 Å². The summed E-state index contributed by atoms with van der Waals surface area (Å²) in [6.45, 7) is 2.56. The SMILES string of the molecule is CC1=NNC(=O)C1CCn1c(Sc2cc3c(cc2Br)OCO3)nc2c(N)ncnc21. The van der Waals surface area contributed by atoms with E-state index in [4.69, 9.17) is 15.2 Å². The van der Waals surface area contributed by atoms with Crippen LogP contribution in [0.4, 0.5) is 5.82 Å². The predicted molar refractivity (Wildman–Crippen MR) is 113 cm³/mol. The number of carbonyl (C=O) groups excluding carboxylic acids is 1. The van der Waals surface area contributed by atoms with Gasteiger partial charge < -0.3 is 19.8 Å². The van der Waals surface area contributed by atoms with Crippen LogP contribution in [0, 0.1) is 5.92 Å². The third-order valence-corrected chi connectivity index (χ3v) is 6.93. The van der Waals surface area contributed by atoms with Crippen LogP contribution in [-0.2, 0) is 11.3 Å². The number of ether oxygens (including phenoxy) is 2. The molecule has 154 valence electrons. The Morgan fingerprint density at radius 3 is 2.90 bits per heavy atom. The highest BCUT2D eigenvalue weighted by molar-refractivity contribution is 9.10. The van der Waals surface area contributed by atoms with Gasteiger partial charge in [0.15, 0.2) is 33.6 Å². The van der Waals surface area contributed by atoms with Crippen molar-refractivity contribution in [3.63, 3.8) is 0 Å². The minimum absolute atomic E-state index is 0.0984. The largest absolute Gasteiger partial charge is 0.454 e. The molecule has 2 aliphatic rings. The Bertz CT molecular complexity index is 1210. The second-order valence-corrected chi connectivity index (χ2v) is 8.65. The molecule has 10 nitrogen and oxygen atoms in total. The summed E-state index contributed by atoms with van der Waals surface area (Å²) in [7, 11) is 0. The zero-order chi connectivity index (χ0) is 20.8. The van der Waals surface area contributed by atoms with E-state index in [1.807, 2.05) is 23.6 Å². The van der Waals surface area contributed by atoms with E-state index in [9.17, 15) is 4.79 Å². The Morgan fingerprint density at radius 2 is 2.13 bits per heavy atom. The first kappa shape index (κ1) is 19.1. The molecule has 2 aliphatic heterocycles. The Kier molecular flexibility index (Phi) is 4.74. The number of nitrogens with zero attached hydrogens (tertiary/aromatic N) is 5. The molecule has 30 heavy (non-hydrogen) atoms. The number of anilines is 1. The number of rotatable bonds is 5. The quantitative estimate of drug-likeness (QED) is 0.559. The second kappa shape index (κ2) is 7.43. The van der Waals surface area contributed by atoms with Gasteiger partial charge in [0.05, 0.1) is 5.92 Å².